The number of rotatable bonds is 8. The summed E-state index contributed by atoms with van der Waals surface area (Å²) in [6, 6.07) is 0.652. The van der Waals surface area contributed by atoms with Crippen LogP contribution < -0.4 is 5.32 Å². The second kappa shape index (κ2) is 5.86. The molecule has 0 spiro atoms. The van der Waals surface area contributed by atoms with Crippen molar-refractivity contribution in [3.05, 3.63) is 0 Å². The molecule has 1 aliphatic rings. The fourth-order valence-corrected chi connectivity index (χ4v) is 2.14. The topological polar surface area (TPSA) is 32.3 Å². The molecule has 0 aromatic rings. The van der Waals surface area contributed by atoms with Gasteiger partial charge in [0.1, 0.15) is 0 Å². The molecule has 0 heterocycles. The summed E-state index contributed by atoms with van der Waals surface area (Å²) < 4.78 is 0. The third-order valence-corrected chi connectivity index (χ3v) is 3.80. The minimum absolute atomic E-state index is 0.485. The predicted molar refractivity (Wildman–Crippen MR) is 65.0 cm³/mol. The fraction of sp³-hybridized carbons (Fsp3) is 1.00. The zero-order chi connectivity index (χ0) is 11.3. The van der Waals surface area contributed by atoms with Crippen molar-refractivity contribution in [1.82, 2.24) is 5.32 Å². The third kappa shape index (κ3) is 4.12. The second-order valence-electron chi connectivity index (χ2n) is 5.04. The molecule has 1 saturated carbocycles. The SMILES string of the molecule is CCCC(NCC(O)(CC)CC)C1CC1. The maximum absolute atomic E-state index is 10.2. The van der Waals surface area contributed by atoms with E-state index in [1.807, 2.05) is 0 Å². The Hall–Kier alpha value is -0.0800. The zero-order valence-electron chi connectivity index (χ0n) is 10.6. The van der Waals surface area contributed by atoms with Crippen LogP contribution in [-0.2, 0) is 0 Å². The van der Waals surface area contributed by atoms with E-state index in [1.54, 1.807) is 0 Å². The highest BCUT2D eigenvalue weighted by Crippen LogP contribution is 2.34. The van der Waals surface area contributed by atoms with Gasteiger partial charge >= 0.3 is 0 Å². The Kier molecular flexibility index (Phi) is 5.07. The average molecular weight is 213 g/mol. The van der Waals surface area contributed by atoms with Crippen LogP contribution in [0.3, 0.4) is 0 Å². The summed E-state index contributed by atoms with van der Waals surface area (Å²) in [7, 11) is 0. The van der Waals surface area contributed by atoms with Crippen molar-refractivity contribution in [2.24, 2.45) is 5.92 Å². The van der Waals surface area contributed by atoms with Crippen molar-refractivity contribution in [2.45, 2.75) is 70.9 Å². The van der Waals surface area contributed by atoms with Gasteiger partial charge in [-0.2, -0.15) is 0 Å². The Labute approximate surface area is 94.5 Å². The molecular weight excluding hydrogens is 186 g/mol. The molecule has 1 rings (SSSR count). The number of hydrogen-bond donors (Lipinski definition) is 2. The first-order chi connectivity index (χ1) is 7.15. The lowest BCUT2D eigenvalue weighted by Gasteiger charge is -2.28. The molecule has 0 bridgehead atoms. The predicted octanol–water partition coefficient (Wildman–Crippen LogP) is 2.71. The molecule has 1 atom stereocenters. The molecule has 1 unspecified atom stereocenters. The van der Waals surface area contributed by atoms with E-state index in [2.05, 4.69) is 26.1 Å². The van der Waals surface area contributed by atoms with Gasteiger partial charge in [0.2, 0.25) is 0 Å². The van der Waals surface area contributed by atoms with Gasteiger partial charge in [0.05, 0.1) is 5.60 Å². The fourth-order valence-electron chi connectivity index (χ4n) is 2.14. The molecule has 15 heavy (non-hydrogen) atoms. The van der Waals surface area contributed by atoms with E-state index in [-0.39, 0.29) is 0 Å². The third-order valence-electron chi connectivity index (χ3n) is 3.80. The van der Waals surface area contributed by atoms with Crippen LogP contribution in [0.4, 0.5) is 0 Å². The Morgan fingerprint density at radius 1 is 1.27 bits per heavy atom. The summed E-state index contributed by atoms with van der Waals surface area (Å²) in [5, 5.41) is 13.8. The highest BCUT2D eigenvalue weighted by molar-refractivity contribution is 4.88. The van der Waals surface area contributed by atoms with E-state index in [0.717, 1.165) is 25.3 Å². The quantitative estimate of drug-likeness (QED) is 0.650. The maximum atomic E-state index is 10.2. The van der Waals surface area contributed by atoms with E-state index in [4.69, 9.17) is 0 Å². The van der Waals surface area contributed by atoms with Gasteiger partial charge in [-0.05, 0) is 38.0 Å². The van der Waals surface area contributed by atoms with Crippen LogP contribution in [0.5, 0.6) is 0 Å². The minimum Gasteiger partial charge on any atom is -0.389 e. The highest BCUT2D eigenvalue weighted by Gasteiger charge is 2.32. The largest absolute Gasteiger partial charge is 0.389 e. The molecule has 1 fully saturated rings. The normalized spacial score (nSPS) is 19.2. The standard InChI is InChI=1S/C13H27NO/c1-4-7-12(11-8-9-11)14-10-13(15,5-2)6-3/h11-12,14-15H,4-10H2,1-3H3. The minimum atomic E-state index is -0.485. The smallest absolute Gasteiger partial charge is 0.0766 e. The van der Waals surface area contributed by atoms with Crippen molar-refractivity contribution < 1.29 is 5.11 Å². The Morgan fingerprint density at radius 2 is 1.87 bits per heavy atom. The zero-order valence-corrected chi connectivity index (χ0v) is 10.6. The van der Waals surface area contributed by atoms with E-state index >= 15 is 0 Å². The lowest BCUT2D eigenvalue weighted by molar-refractivity contribution is 0.0288. The average Bonchev–Trinajstić information content (AvgIpc) is 3.07. The summed E-state index contributed by atoms with van der Waals surface area (Å²) in [4.78, 5) is 0. The molecule has 90 valence electrons. The van der Waals surface area contributed by atoms with Gasteiger partial charge in [0, 0.05) is 12.6 Å². The highest BCUT2D eigenvalue weighted by atomic mass is 16.3. The van der Waals surface area contributed by atoms with Crippen molar-refractivity contribution >= 4 is 0 Å². The lowest BCUT2D eigenvalue weighted by atomic mass is 9.96. The molecule has 1 aliphatic carbocycles. The molecule has 2 heteroatoms. The molecule has 2 N–H and O–H groups in total. The number of aliphatic hydroxyl groups is 1. The van der Waals surface area contributed by atoms with Gasteiger partial charge < -0.3 is 10.4 Å². The van der Waals surface area contributed by atoms with Crippen LogP contribution in [0, 0.1) is 5.92 Å². The molecule has 0 aromatic carbocycles. The van der Waals surface area contributed by atoms with Crippen LogP contribution in [0.1, 0.15) is 59.3 Å². The Balaban J connectivity index is 2.31. The van der Waals surface area contributed by atoms with Crippen LogP contribution in [0.15, 0.2) is 0 Å². The van der Waals surface area contributed by atoms with E-state index < -0.39 is 5.60 Å². The molecule has 0 amide bonds. The van der Waals surface area contributed by atoms with Gasteiger partial charge in [-0.15, -0.1) is 0 Å². The first-order valence-electron chi connectivity index (χ1n) is 6.61. The van der Waals surface area contributed by atoms with Gasteiger partial charge in [0.15, 0.2) is 0 Å². The first-order valence-corrected chi connectivity index (χ1v) is 6.61. The molecular formula is C13H27NO. The van der Waals surface area contributed by atoms with E-state index in [1.165, 1.54) is 25.7 Å². The van der Waals surface area contributed by atoms with Crippen molar-refractivity contribution in [2.75, 3.05) is 6.54 Å². The molecule has 0 aromatic heterocycles. The molecule has 0 saturated heterocycles. The number of hydrogen-bond acceptors (Lipinski definition) is 2. The summed E-state index contributed by atoms with van der Waals surface area (Å²) in [5.41, 5.74) is -0.485. The Bertz CT molecular complexity index is 173. The second-order valence-corrected chi connectivity index (χ2v) is 5.04. The van der Waals surface area contributed by atoms with Crippen molar-refractivity contribution in [1.29, 1.82) is 0 Å². The van der Waals surface area contributed by atoms with Gasteiger partial charge in [0.25, 0.3) is 0 Å². The van der Waals surface area contributed by atoms with Gasteiger partial charge in [-0.3, -0.25) is 0 Å². The molecule has 2 nitrogen and oxygen atoms in total. The molecule has 0 aliphatic heterocycles. The summed E-state index contributed by atoms with van der Waals surface area (Å²) in [6.07, 6.45) is 6.96. The van der Waals surface area contributed by atoms with Crippen LogP contribution in [0.2, 0.25) is 0 Å². The van der Waals surface area contributed by atoms with Crippen LogP contribution >= 0.6 is 0 Å². The number of nitrogens with one attached hydrogen (secondary N) is 1. The summed E-state index contributed by atoms with van der Waals surface area (Å²) in [6.45, 7) is 7.14. The summed E-state index contributed by atoms with van der Waals surface area (Å²) in [5.74, 6) is 0.892. The Morgan fingerprint density at radius 3 is 2.27 bits per heavy atom. The molecule has 0 radical (unpaired) electrons. The first kappa shape index (κ1) is 13.0. The van der Waals surface area contributed by atoms with Crippen LogP contribution in [-0.4, -0.2) is 23.3 Å². The lowest BCUT2D eigenvalue weighted by Crippen LogP contribution is -2.44. The van der Waals surface area contributed by atoms with Crippen molar-refractivity contribution in [3.63, 3.8) is 0 Å². The van der Waals surface area contributed by atoms with Gasteiger partial charge in [-0.25, -0.2) is 0 Å². The maximum Gasteiger partial charge on any atom is 0.0766 e. The van der Waals surface area contributed by atoms with E-state index in [9.17, 15) is 5.11 Å². The summed E-state index contributed by atoms with van der Waals surface area (Å²) >= 11 is 0. The van der Waals surface area contributed by atoms with Crippen molar-refractivity contribution in [3.8, 4) is 0 Å². The van der Waals surface area contributed by atoms with E-state index in [0.29, 0.717) is 6.04 Å². The van der Waals surface area contributed by atoms with Gasteiger partial charge in [-0.1, -0.05) is 27.2 Å². The monoisotopic (exact) mass is 213 g/mol. The van der Waals surface area contributed by atoms with Crippen LogP contribution in [0.25, 0.3) is 0 Å².